The van der Waals surface area contributed by atoms with Crippen LogP contribution >= 0.6 is 0 Å². The molecule has 7 heteroatoms. The number of piperazine rings is 1. The summed E-state index contributed by atoms with van der Waals surface area (Å²) in [6, 6.07) is 14.7. The minimum absolute atomic E-state index is 0.107. The summed E-state index contributed by atoms with van der Waals surface area (Å²) in [5, 5.41) is 5.94. The Balaban J connectivity index is 1.06. The molecule has 7 nitrogen and oxygen atoms in total. The monoisotopic (exact) mass is 464 g/mol. The van der Waals surface area contributed by atoms with Gasteiger partial charge in [-0.2, -0.15) is 0 Å². The third-order valence-corrected chi connectivity index (χ3v) is 6.84. The highest BCUT2D eigenvalue weighted by molar-refractivity contribution is 5.73. The van der Waals surface area contributed by atoms with Gasteiger partial charge in [0.15, 0.2) is 0 Å². The molecule has 2 saturated heterocycles. The van der Waals surface area contributed by atoms with Crippen LogP contribution in [0, 0.1) is 0 Å². The Labute approximate surface area is 204 Å². The summed E-state index contributed by atoms with van der Waals surface area (Å²) in [5.74, 6) is 1.05. The number of benzene rings is 1. The smallest absolute Gasteiger partial charge is 0.315 e. The van der Waals surface area contributed by atoms with Crippen LogP contribution in [0.2, 0.25) is 0 Å². The molecule has 2 aliphatic rings. The van der Waals surface area contributed by atoms with Gasteiger partial charge in [-0.1, -0.05) is 49.2 Å². The molecule has 0 atom stereocenters. The number of pyridine rings is 1. The summed E-state index contributed by atoms with van der Waals surface area (Å²) in [4.78, 5) is 24.2. The number of nitrogens with one attached hydrogen (secondary N) is 2. The van der Waals surface area contributed by atoms with Crippen LogP contribution in [0.15, 0.2) is 48.7 Å². The minimum Gasteiger partial charge on any atom is -0.357 e. The van der Waals surface area contributed by atoms with Crippen LogP contribution in [0.3, 0.4) is 0 Å². The first-order valence-electron chi connectivity index (χ1n) is 13.0. The van der Waals surface area contributed by atoms with Crippen molar-refractivity contribution >= 4 is 11.8 Å². The minimum atomic E-state index is -0.107. The fraction of sp³-hybridized carbons (Fsp3) is 0.556. The van der Waals surface area contributed by atoms with E-state index in [-0.39, 0.29) is 6.03 Å². The molecule has 3 heterocycles. The molecule has 2 N–H and O–H groups in total. The molecule has 0 bridgehead atoms. The molecular formula is C27H40N6O. The van der Waals surface area contributed by atoms with Crippen molar-refractivity contribution in [3.8, 4) is 0 Å². The zero-order valence-electron chi connectivity index (χ0n) is 20.4. The number of rotatable bonds is 9. The molecule has 2 aliphatic heterocycles. The largest absolute Gasteiger partial charge is 0.357 e. The average molecular weight is 465 g/mol. The third kappa shape index (κ3) is 7.99. The number of anilines is 1. The van der Waals surface area contributed by atoms with Crippen LogP contribution in [0.4, 0.5) is 10.6 Å². The number of hydrogen-bond acceptors (Lipinski definition) is 5. The van der Waals surface area contributed by atoms with E-state index in [1.807, 2.05) is 6.20 Å². The molecule has 0 saturated carbocycles. The summed E-state index contributed by atoms with van der Waals surface area (Å²) in [6.07, 6.45) is 7.99. The van der Waals surface area contributed by atoms with Crippen LogP contribution in [-0.2, 0) is 13.1 Å². The quantitative estimate of drug-likeness (QED) is 0.557. The van der Waals surface area contributed by atoms with E-state index in [1.165, 1.54) is 31.2 Å². The third-order valence-electron chi connectivity index (χ3n) is 6.84. The summed E-state index contributed by atoms with van der Waals surface area (Å²) in [7, 11) is 0. The molecule has 4 rings (SSSR count). The molecular weight excluding hydrogens is 424 g/mol. The maximum absolute atomic E-state index is 12.2. The van der Waals surface area contributed by atoms with E-state index in [0.29, 0.717) is 13.1 Å². The van der Waals surface area contributed by atoms with E-state index >= 15 is 0 Å². The molecule has 2 fully saturated rings. The summed E-state index contributed by atoms with van der Waals surface area (Å²) < 4.78 is 0. The van der Waals surface area contributed by atoms with Crippen LogP contribution < -0.4 is 15.5 Å². The summed E-state index contributed by atoms with van der Waals surface area (Å²) in [6.45, 7) is 9.85. The Hall–Kier alpha value is -2.64. The van der Waals surface area contributed by atoms with Gasteiger partial charge in [0.05, 0.1) is 0 Å². The number of aromatic nitrogens is 1. The van der Waals surface area contributed by atoms with Crippen molar-refractivity contribution in [2.45, 2.75) is 45.2 Å². The second-order valence-corrected chi connectivity index (χ2v) is 9.49. The van der Waals surface area contributed by atoms with Crippen molar-refractivity contribution in [3.63, 3.8) is 0 Å². The number of nitrogens with zero attached hydrogens (tertiary/aromatic N) is 4. The molecule has 0 aliphatic carbocycles. The predicted molar refractivity (Wildman–Crippen MR) is 138 cm³/mol. The number of hydrogen-bond donors (Lipinski definition) is 2. The van der Waals surface area contributed by atoms with Gasteiger partial charge in [0.25, 0.3) is 0 Å². The van der Waals surface area contributed by atoms with Crippen molar-refractivity contribution in [2.75, 3.05) is 57.3 Å². The maximum Gasteiger partial charge on any atom is 0.315 e. The van der Waals surface area contributed by atoms with Gasteiger partial charge in [0.2, 0.25) is 0 Å². The number of amides is 2. The lowest BCUT2D eigenvalue weighted by Gasteiger charge is -2.34. The Morgan fingerprint density at radius 3 is 2.24 bits per heavy atom. The van der Waals surface area contributed by atoms with E-state index in [2.05, 4.69) is 72.8 Å². The molecule has 0 spiro atoms. The Bertz CT molecular complexity index is 843. The molecule has 1 aromatic carbocycles. The average Bonchev–Trinajstić information content (AvgIpc) is 3.17. The number of carbonyl (C=O) groups is 1. The molecule has 1 aromatic heterocycles. The van der Waals surface area contributed by atoms with Crippen LogP contribution in [0.25, 0.3) is 0 Å². The zero-order valence-corrected chi connectivity index (χ0v) is 20.4. The van der Waals surface area contributed by atoms with Crippen molar-refractivity contribution in [1.29, 1.82) is 0 Å². The Kier molecular flexibility index (Phi) is 9.58. The summed E-state index contributed by atoms with van der Waals surface area (Å²) >= 11 is 0. The maximum atomic E-state index is 12.2. The normalized spacial score (nSPS) is 17.8. The van der Waals surface area contributed by atoms with Crippen molar-refractivity contribution in [2.24, 2.45) is 0 Å². The molecule has 184 valence electrons. The van der Waals surface area contributed by atoms with Gasteiger partial charge in [-0.05, 0) is 43.0 Å². The second-order valence-electron chi connectivity index (χ2n) is 9.49. The van der Waals surface area contributed by atoms with Crippen molar-refractivity contribution < 1.29 is 4.79 Å². The Morgan fingerprint density at radius 1 is 0.794 bits per heavy atom. The van der Waals surface area contributed by atoms with Crippen LogP contribution in [0.1, 0.15) is 43.2 Å². The van der Waals surface area contributed by atoms with Gasteiger partial charge in [-0.25, -0.2) is 9.78 Å². The second kappa shape index (κ2) is 13.3. The van der Waals surface area contributed by atoms with E-state index in [0.717, 1.165) is 70.2 Å². The lowest BCUT2D eigenvalue weighted by atomic mass is 10.2. The summed E-state index contributed by atoms with van der Waals surface area (Å²) in [5.41, 5.74) is 2.41. The first-order valence-corrected chi connectivity index (χ1v) is 13.0. The molecule has 2 aromatic rings. The van der Waals surface area contributed by atoms with E-state index in [4.69, 9.17) is 0 Å². The van der Waals surface area contributed by atoms with Crippen LogP contribution in [-0.4, -0.2) is 73.2 Å². The van der Waals surface area contributed by atoms with Gasteiger partial charge < -0.3 is 20.4 Å². The van der Waals surface area contributed by atoms with Crippen molar-refractivity contribution in [3.05, 3.63) is 59.8 Å². The lowest BCUT2D eigenvalue weighted by molar-refractivity contribution is 0.126. The van der Waals surface area contributed by atoms with Gasteiger partial charge >= 0.3 is 6.03 Å². The van der Waals surface area contributed by atoms with E-state index in [1.54, 1.807) is 0 Å². The van der Waals surface area contributed by atoms with Crippen molar-refractivity contribution in [1.82, 2.24) is 25.4 Å². The standard InChI is InChI=1S/C27H40N6O/c34-27(30-22-25-11-12-26(29-21-25)33-15-6-1-2-7-16-33)28-13-8-14-31-17-19-32(20-18-31)23-24-9-4-3-5-10-24/h3-5,9-12,21H,1-2,6-8,13-20,22-23H2,(H2,28,30,34). The topological polar surface area (TPSA) is 63.7 Å². The van der Waals surface area contributed by atoms with Gasteiger partial charge in [0.1, 0.15) is 5.82 Å². The van der Waals surface area contributed by atoms with Gasteiger partial charge in [-0.15, -0.1) is 0 Å². The highest BCUT2D eigenvalue weighted by atomic mass is 16.2. The fourth-order valence-corrected chi connectivity index (χ4v) is 4.77. The van der Waals surface area contributed by atoms with Gasteiger partial charge in [-0.3, -0.25) is 4.90 Å². The highest BCUT2D eigenvalue weighted by Gasteiger charge is 2.16. The fourth-order valence-electron chi connectivity index (χ4n) is 4.77. The van der Waals surface area contributed by atoms with Crippen LogP contribution in [0.5, 0.6) is 0 Å². The molecule has 2 amide bonds. The first-order chi connectivity index (χ1) is 16.8. The zero-order chi connectivity index (χ0) is 23.4. The highest BCUT2D eigenvalue weighted by Crippen LogP contribution is 2.17. The molecule has 34 heavy (non-hydrogen) atoms. The molecule has 0 unspecified atom stereocenters. The lowest BCUT2D eigenvalue weighted by Crippen LogP contribution is -2.46. The van der Waals surface area contributed by atoms with E-state index in [9.17, 15) is 4.79 Å². The predicted octanol–water partition coefficient (Wildman–Crippen LogP) is 3.47. The van der Waals surface area contributed by atoms with Gasteiger partial charge in [0, 0.05) is 65.1 Å². The molecule has 0 radical (unpaired) electrons. The number of urea groups is 1. The SMILES string of the molecule is O=C(NCCCN1CCN(Cc2ccccc2)CC1)NCc1ccc(N2CCCCCC2)nc1. The Morgan fingerprint density at radius 2 is 1.53 bits per heavy atom. The number of carbonyl (C=O) groups excluding carboxylic acids is 1. The van der Waals surface area contributed by atoms with E-state index < -0.39 is 0 Å². The first kappa shape index (κ1) is 24.5.